The van der Waals surface area contributed by atoms with E-state index in [4.69, 9.17) is 0 Å². The Kier molecular flexibility index (Phi) is 3.48. The molecule has 2 nitrogen and oxygen atoms in total. The second kappa shape index (κ2) is 4.42. The topological polar surface area (TPSA) is 40.1 Å². The zero-order valence-electron chi connectivity index (χ0n) is 7.92. The largest absolute Gasteiger partial charge is 0.544 e. The first-order chi connectivity index (χ1) is 6.19. The fraction of sp³-hybridized carbons (Fsp3) is 0.500. The highest BCUT2D eigenvalue weighted by atomic mass is 32.1. The minimum absolute atomic E-state index is 0.361. The fourth-order valence-electron chi connectivity index (χ4n) is 1.30. The first kappa shape index (κ1) is 10.3. The van der Waals surface area contributed by atoms with Crippen molar-refractivity contribution in [3.8, 4) is 0 Å². The Labute approximate surface area is 82.2 Å². The molecule has 1 aromatic rings. The van der Waals surface area contributed by atoms with Crippen molar-refractivity contribution >= 4 is 17.3 Å². The molecule has 72 valence electrons. The molecule has 0 aliphatic rings. The molecule has 0 spiro atoms. The molecule has 0 fully saturated rings. The Bertz CT molecular complexity index is 302. The van der Waals surface area contributed by atoms with Crippen LogP contribution in [-0.2, 0) is 12.8 Å². The molecular formula is C10H13O2S-. The van der Waals surface area contributed by atoms with Crippen LogP contribution in [0.2, 0.25) is 0 Å². The molecule has 0 aliphatic heterocycles. The number of aryl methyl sites for hydroxylation is 2. The molecule has 0 saturated heterocycles. The van der Waals surface area contributed by atoms with E-state index in [2.05, 4.69) is 6.92 Å². The van der Waals surface area contributed by atoms with Gasteiger partial charge in [-0.1, -0.05) is 20.3 Å². The molecule has 1 aromatic heterocycles. The van der Waals surface area contributed by atoms with Gasteiger partial charge >= 0.3 is 0 Å². The molecule has 0 amide bonds. The fourth-order valence-corrected chi connectivity index (χ4v) is 2.50. The summed E-state index contributed by atoms with van der Waals surface area (Å²) in [6.45, 7) is 4.14. The Hall–Kier alpha value is -0.830. The molecular weight excluding hydrogens is 184 g/mol. The number of hydrogen-bond donors (Lipinski definition) is 0. The molecule has 3 heteroatoms. The van der Waals surface area contributed by atoms with Gasteiger partial charge in [0, 0.05) is 4.88 Å². The summed E-state index contributed by atoms with van der Waals surface area (Å²) < 4.78 is 0. The van der Waals surface area contributed by atoms with Crippen LogP contribution in [0, 0.1) is 0 Å². The minimum atomic E-state index is -1.05. The van der Waals surface area contributed by atoms with Crippen molar-refractivity contribution < 1.29 is 9.90 Å². The zero-order chi connectivity index (χ0) is 9.84. The van der Waals surface area contributed by atoms with E-state index in [1.807, 2.05) is 6.92 Å². The van der Waals surface area contributed by atoms with Crippen molar-refractivity contribution in [2.24, 2.45) is 0 Å². The SMILES string of the molecule is CCCc1sc(C(=O)[O-])cc1CC. The second-order valence-corrected chi connectivity index (χ2v) is 4.09. The van der Waals surface area contributed by atoms with Gasteiger partial charge in [-0.3, -0.25) is 0 Å². The van der Waals surface area contributed by atoms with E-state index >= 15 is 0 Å². The number of rotatable bonds is 4. The highest BCUT2D eigenvalue weighted by Gasteiger charge is 2.06. The van der Waals surface area contributed by atoms with Gasteiger partial charge < -0.3 is 9.90 Å². The van der Waals surface area contributed by atoms with Crippen LogP contribution in [-0.4, -0.2) is 5.97 Å². The molecule has 0 radical (unpaired) electrons. The summed E-state index contributed by atoms with van der Waals surface area (Å²) >= 11 is 1.35. The van der Waals surface area contributed by atoms with Crippen LogP contribution in [0.1, 0.15) is 40.4 Å². The summed E-state index contributed by atoms with van der Waals surface area (Å²) in [5, 5.41) is 10.6. The number of carbonyl (C=O) groups is 1. The van der Waals surface area contributed by atoms with Crippen LogP contribution in [0.5, 0.6) is 0 Å². The monoisotopic (exact) mass is 197 g/mol. The smallest absolute Gasteiger partial charge is 0.0815 e. The minimum Gasteiger partial charge on any atom is -0.544 e. The summed E-state index contributed by atoms with van der Waals surface area (Å²) in [6, 6.07) is 1.74. The molecule has 1 rings (SSSR count). The van der Waals surface area contributed by atoms with Gasteiger partial charge in [0.05, 0.1) is 10.8 Å². The van der Waals surface area contributed by atoms with Crippen LogP contribution in [0.4, 0.5) is 0 Å². The molecule has 0 atom stereocenters. The number of carboxylic acid groups (broad SMARTS) is 1. The van der Waals surface area contributed by atoms with Gasteiger partial charge in [-0.2, -0.15) is 0 Å². The van der Waals surface area contributed by atoms with Crippen LogP contribution in [0.3, 0.4) is 0 Å². The Morgan fingerprint density at radius 1 is 1.54 bits per heavy atom. The van der Waals surface area contributed by atoms with E-state index in [0.717, 1.165) is 24.8 Å². The third-order valence-corrected chi connectivity index (χ3v) is 3.17. The normalized spacial score (nSPS) is 10.3. The van der Waals surface area contributed by atoms with Gasteiger partial charge in [-0.15, -0.1) is 11.3 Å². The molecule has 1 heterocycles. The quantitative estimate of drug-likeness (QED) is 0.736. The maximum Gasteiger partial charge on any atom is 0.0815 e. The number of aromatic carboxylic acids is 1. The molecule has 0 saturated carbocycles. The van der Waals surface area contributed by atoms with Gasteiger partial charge in [0.25, 0.3) is 0 Å². The van der Waals surface area contributed by atoms with Crippen molar-refractivity contribution in [2.45, 2.75) is 33.1 Å². The number of carboxylic acids is 1. The Morgan fingerprint density at radius 3 is 2.69 bits per heavy atom. The predicted molar refractivity (Wildman–Crippen MR) is 52.0 cm³/mol. The summed E-state index contributed by atoms with van der Waals surface area (Å²) in [6.07, 6.45) is 2.93. The molecule has 0 unspecified atom stereocenters. The van der Waals surface area contributed by atoms with Crippen molar-refractivity contribution in [2.75, 3.05) is 0 Å². The third kappa shape index (κ3) is 2.31. The van der Waals surface area contributed by atoms with E-state index in [1.165, 1.54) is 16.2 Å². The lowest BCUT2D eigenvalue weighted by Gasteiger charge is -1.96. The summed E-state index contributed by atoms with van der Waals surface area (Å²) in [5.41, 5.74) is 1.16. The van der Waals surface area contributed by atoms with Crippen molar-refractivity contribution in [3.05, 3.63) is 21.4 Å². The Morgan fingerprint density at radius 2 is 2.23 bits per heavy atom. The highest BCUT2D eigenvalue weighted by Crippen LogP contribution is 2.23. The van der Waals surface area contributed by atoms with Crippen LogP contribution in [0.15, 0.2) is 6.07 Å². The first-order valence-electron chi connectivity index (χ1n) is 4.52. The summed E-state index contributed by atoms with van der Waals surface area (Å²) in [4.78, 5) is 12.1. The summed E-state index contributed by atoms with van der Waals surface area (Å²) in [7, 11) is 0. The first-order valence-corrected chi connectivity index (χ1v) is 5.33. The van der Waals surface area contributed by atoms with Crippen molar-refractivity contribution in [3.63, 3.8) is 0 Å². The lowest BCUT2D eigenvalue weighted by molar-refractivity contribution is -0.254. The maximum absolute atomic E-state index is 10.6. The second-order valence-electron chi connectivity index (χ2n) is 2.95. The van der Waals surface area contributed by atoms with Crippen LogP contribution >= 0.6 is 11.3 Å². The van der Waals surface area contributed by atoms with Crippen molar-refractivity contribution in [1.82, 2.24) is 0 Å². The highest BCUT2D eigenvalue weighted by molar-refractivity contribution is 7.14. The lowest BCUT2D eigenvalue weighted by atomic mass is 10.1. The van der Waals surface area contributed by atoms with Gasteiger partial charge in [-0.05, 0) is 24.5 Å². The molecule has 0 bridgehead atoms. The number of thiophene rings is 1. The van der Waals surface area contributed by atoms with Gasteiger partial charge in [0.15, 0.2) is 0 Å². The Balaban J connectivity index is 2.96. The number of hydrogen-bond acceptors (Lipinski definition) is 3. The van der Waals surface area contributed by atoms with E-state index in [0.29, 0.717) is 4.88 Å². The molecule has 13 heavy (non-hydrogen) atoms. The zero-order valence-corrected chi connectivity index (χ0v) is 8.74. The van der Waals surface area contributed by atoms with E-state index < -0.39 is 5.97 Å². The summed E-state index contributed by atoms with van der Waals surface area (Å²) in [5.74, 6) is -1.05. The predicted octanol–water partition coefficient (Wildman–Crippen LogP) is 1.63. The average molecular weight is 197 g/mol. The standard InChI is InChI=1S/C10H14O2S/c1-3-5-8-7(4-2)6-9(13-8)10(11)12/h6H,3-5H2,1-2H3,(H,11,12)/p-1. The van der Waals surface area contributed by atoms with Gasteiger partial charge in [-0.25, -0.2) is 0 Å². The van der Waals surface area contributed by atoms with E-state index in [1.54, 1.807) is 6.07 Å². The average Bonchev–Trinajstić information content (AvgIpc) is 2.48. The molecule has 0 N–H and O–H groups in total. The maximum atomic E-state index is 10.6. The third-order valence-electron chi connectivity index (χ3n) is 1.96. The van der Waals surface area contributed by atoms with Crippen LogP contribution in [0.25, 0.3) is 0 Å². The van der Waals surface area contributed by atoms with Crippen molar-refractivity contribution in [1.29, 1.82) is 0 Å². The lowest BCUT2D eigenvalue weighted by Crippen LogP contribution is -2.20. The van der Waals surface area contributed by atoms with Gasteiger partial charge in [0.1, 0.15) is 0 Å². The van der Waals surface area contributed by atoms with E-state index in [9.17, 15) is 9.90 Å². The number of carbonyl (C=O) groups excluding carboxylic acids is 1. The van der Waals surface area contributed by atoms with Crippen LogP contribution < -0.4 is 5.11 Å². The van der Waals surface area contributed by atoms with Gasteiger partial charge in [0.2, 0.25) is 0 Å². The molecule has 0 aromatic carbocycles. The van der Waals surface area contributed by atoms with E-state index in [-0.39, 0.29) is 0 Å². The molecule has 0 aliphatic carbocycles.